The third kappa shape index (κ3) is 1.27. The molecule has 1 aliphatic heterocycles. The molecule has 84 valence electrons. The molecule has 3 rings (SSSR count). The fourth-order valence-electron chi connectivity index (χ4n) is 2.31. The van der Waals surface area contributed by atoms with E-state index in [0.717, 1.165) is 0 Å². The van der Waals surface area contributed by atoms with Crippen LogP contribution in [0, 0.1) is 6.92 Å². The minimum atomic E-state index is 0.0890. The van der Waals surface area contributed by atoms with E-state index in [9.17, 15) is 0 Å². The van der Waals surface area contributed by atoms with Gasteiger partial charge in [-0.05, 0) is 13.0 Å². The molecule has 16 heavy (non-hydrogen) atoms. The molecule has 2 heterocycles. The first-order valence-corrected chi connectivity index (χ1v) is 5.34. The number of benzene rings is 1. The molecule has 1 aliphatic rings. The summed E-state index contributed by atoms with van der Waals surface area (Å²) in [6.07, 6.45) is 0.0890. The summed E-state index contributed by atoms with van der Waals surface area (Å²) in [4.78, 5) is 0. The number of nitrogens with one attached hydrogen (secondary N) is 4. The van der Waals surface area contributed by atoms with Crippen LogP contribution in [0.4, 0.5) is 0 Å². The van der Waals surface area contributed by atoms with E-state index >= 15 is 0 Å². The minimum Gasteiger partial charge on any atom is -0.348 e. The average molecular weight is 217 g/mol. The van der Waals surface area contributed by atoms with Gasteiger partial charge in [-0.3, -0.25) is 0 Å². The zero-order valence-corrected chi connectivity index (χ0v) is 9.33. The smallest absolute Gasteiger partial charge is 0.114 e. The fourth-order valence-corrected chi connectivity index (χ4v) is 2.31. The Hall–Kier alpha value is -1.40. The molecular weight excluding hydrogens is 202 g/mol. The maximum atomic E-state index is 3.13. The second-order valence-electron chi connectivity index (χ2n) is 4.05. The van der Waals surface area contributed by atoms with E-state index in [2.05, 4.69) is 64.7 Å². The highest BCUT2D eigenvalue weighted by Gasteiger charge is 2.22. The summed E-state index contributed by atoms with van der Waals surface area (Å²) in [7, 11) is 2.09. The van der Waals surface area contributed by atoms with Crippen molar-refractivity contribution in [2.45, 2.75) is 13.1 Å². The molecule has 0 aliphatic carbocycles. The number of nitrogens with zero attached hydrogens (tertiary/aromatic N) is 1. The molecule has 1 aromatic carbocycles. The quantitative estimate of drug-likeness (QED) is 0.565. The molecule has 4 N–H and O–H groups in total. The van der Waals surface area contributed by atoms with E-state index in [1.165, 1.54) is 22.2 Å². The lowest BCUT2D eigenvalue weighted by Crippen LogP contribution is -2.33. The van der Waals surface area contributed by atoms with E-state index in [1.807, 2.05) is 0 Å². The first kappa shape index (κ1) is 9.80. The van der Waals surface area contributed by atoms with Crippen molar-refractivity contribution in [3.8, 4) is 0 Å². The molecule has 0 amide bonds. The molecule has 0 unspecified atom stereocenters. The molecule has 0 spiro atoms. The van der Waals surface area contributed by atoms with Crippen LogP contribution in [0.25, 0.3) is 10.9 Å². The van der Waals surface area contributed by atoms with Gasteiger partial charge in [0, 0.05) is 29.2 Å². The van der Waals surface area contributed by atoms with Crippen LogP contribution in [0.1, 0.15) is 17.4 Å². The maximum Gasteiger partial charge on any atom is 0.114 e. The van der Waals surface area contributed by atoms with Crippen LogP contribution in [0.3, 0.4) is 0 Å². The summed E-state index contributed by atoms with van der Waals surface area (Å²) in [5.74, 6) is 0. The van der Waals surface area contributed by atoms with Gasteiger partial charge in [0.1, 0.15) is 6.17 Å². The van der Waals surface area contributed by atoms with Crippen LogP contribution >= 0.6 is 0 Å². The number of hydrogen-bond donors (Lipinski definition) is 4. The Bertz CT molecular complexity index is 524. The number of hydrogen-bond acceptors (Lipinski definition) is 4. The lowest BCUT2D eigenvalue weighted by Gasteiger charge is -2.09. The number of aromatic nitrogens is 1. The summed E-state index contributed by atoms with van der Waals surface area (Å²) in [6.45, 7) is 2.14. The summed E-state index contributed by atoms with van der Waals surface area (Å²) in [6, 6.07) is 8.43. The first-order chi connectivity index (χ1) is 7.79. The molecule has 1 fully saturated rings. The van der Waals surface area contributed by atoms with Gasteiger partial charge in [0.2, 0.25) is 0 Å². The lowest BCUT2D eigenvalue weighted by molar-refractivity contribution is 0.553. The van der Waals surface area contributed by atoms with Gasteiger partial charge >= 0.3 is 0 Å². The van der Waals surface area contributed by atoms with Crippen LogP contribution in [0.5, 0.6) is 0 Å². The van der Waals surface area contributed by atoms with Gasteiger partial charge in [-0.25, -0.2) is 10.9 Å². The van der Waals surface area contributed by atoms with Crippen LogP contribution in [0.2, 0.25) is 0 Å². The zero-order valence-electron chi connectivity index (χ0n) is 9.33. The Kier molecular flexibility index (Phi) is 2.19. The summed E-state index contributed by atoms with van der Waals surface area (Å²) in [5.41, 5.74) is 15.8. The van der Waals surface area contributed by atoms with Crippen molar-refractivity contribution in [2.75, 3.05) is 0 Å². The first-order valence-electron chi connectivity index (χ1n) is 5.34. The monoisotopic (exact) mass is 217 g/mol. The molecule has 5 nitrogen and oxygen atoms in total. The number of para-hydroxylation sites is 1. The van der Waals surface area contributed by atoms with Crippen molar-refractivity contribution in [2.24, 2.45) is 7.05 Å². The fraction of sp³-hybridized carbons (Fsp3) is 0.273. The van der Waals surface area contributed by atoms with Crippen molar-refractivity contribution in [3.05, 3.63) is 35.5 Å². The van der Waals surface area contributed by atoms with Crippen LogP contribution in [0.15, 0.2) is 24.3 Å². The number of hydrazine groups is 3. The molecule has 0 atom stereocenters. The molecule has 2 aromatic rings. The van der Waals surface area contributed by atoms with Gasteiger partial charge in [0.05, 0.1) is 0 Å². The predicted octanol–water partition coefficient (Wildman–Crippen LogP) is 0.602. The zero-order chi connectivity index (χ0) is 11.1. The maximum absolute atomic E-state index is 3.13. The Morgan fingerprint density at radius 1 is 1.12 bits per heavy atom. The lowest BCUT2D eigenvalue weighted by atomic mass is 10.1. The highest BCUT2D eigenvalue weighted by molar-refractivity contribution is 5.85. The molecule has 1 aromatic heterocycles. The van der Waals surface area contributed by atoms with Crippen molar-refractivity contribution in [1.29, 1.82) is 0 Å². The summed E-state index contributed by atoms with van der Waals surface area (Å²) in [5, 5.41) is 1.28. The van der Waals surface area contributed by atoms with Crippen LogP contribution in [-0.4, -0.2) is 4.57 Å². The SMILES string of the molecule is Cc1c(C2NNNN2)c2ccccc2n1C. The Balaban J connectivity index is 2.26. The normalized spacial score (nSPS) is 17.4. The Labute approximate surface area is 93.7 Å². The predicted molar refractivity (Wildman–Crippen MR) is 62.9 cm³/mol. The number of aryl methyl sites for hydroxylation is 1. The van der Waals surface area contributed by atoms with Crippen molar-refractivity contribution < 1.29 is 0 Å². The minimum absolute atomic E-state index is 0.0890. The summed E-state index contributed by atoms with van der Waals surface area (Å²) >= 11 is 0. The molecule has 1 saturated heterocycles. The Morgan fingerprint density at radius 2 is 1.81 bits per heavy atom. The molecular formula is C11H15N5. The van der Waals surface area contributed by atoms with Gasteiger partial charge in [-0.2, -0.15) is 11.1 Å². The number of fused-ring (bicyclic) bond motifs is 1. The van der Waals surface area contributed by atoms with Gasteiger partial charge < -0.3 is 4.57 Å². The average Bonchev–Trinajstić information content (AvgIpc) is 2.89. The van der Waals surface area contributed by atoms with Crippen LogP contribution < -0.4 is 21.9 Å². The third-order valence-electron chi connectivity index (χ3n) is 3.23. The van der Waals surface area contributed by atoms with E-state index in [4.69, 9.17) is 0 Å². The number of rotatable bonds is 1. The Morgan fingerprint density at radius 3 is 2.56 bits per heavy atom. The molecule has 0 saturated carbocycles. The molecule has 0 radical (unpaired) electrons. The van der Waals surface area contributed by atoms with Gasteiger partial charge in [-0.1, -0.05) is 18.2 Å². The second-order valence-corrected chi connectivity index (χ2v) is 4.05. The van der Waals surface area contributed by atoms with Gasteiger partial charge in [-0.15, -0.1) is 0 Å². The van der Waals surface area contributed by atoms with E-state index < -0.39 is 0 Å². The highest BCUT2D eigenvalue weighted by Crippen LogP contribution is 2.28. The molecule has 0 bridgehead atoms. The largest absolute Gasteiger partial charge is 0.348 e. The van der Waals surface area contributed by atoms with Gasteiger partial charge in [0.15, 0.2) is 0 Å². The van der Waals surface area contributed by atoms with E-state index in [1.54, 1.807) is 0 Å². The highest BCUT2D eigenvalue weighted by atomic mass is 15.8. The summed E-state index contributed by atoms with van der Waals surface area (Å²) < 4.78 is 2.21. The standard InChI is InChI=1S/C11H15N5/c1-7-10(11-12-14-15-13-11)8-5-3-4-6-9(8)16(7)2/h3-6,11-15H,1-2H3. The second kappa shape index (κ2) is 3.57. The van der Waals surface area contributed by atoms with Gasteiger partial charge in [0.25, 0.3) is 0 Å². The van der Waals surface area contributed by atoms with Crippen molar-refractivity contribution >= 4 is 10.9 Å². The van der Waals surface area contributed by atoms with Crippen molar-refractivity contribution in [1.82, 2.24) is 26.5 Å². The third-order valence-corrected chi connectivity index (χ3v) is 3.23. The molecule has 5 heteroatoms. The van der Waals surface area contributed by atoms with E-state index in [0.29, 0.717) is 0 Å². The van der Waals surface area contributed by atoms with E-state index in [-0.39, 0.29) is 6.17 Å². The topological polar surface area (TPSA) is 53.0 Å². The van der Waals surface area contributed by atoms with Crippen molar-refractivity contribution in [3.63, 3.8) is 0 Å². The van der Waals surface area contributed by atoms with Crippen LogP contribution in [-0.2, 0) is 7.05 Å².